The molecule has 19 heavy (non-hydrogen) atoms. The van der Waals surface area contributed by atoms with E-state index in [0.717, 1.165) is 12.8 Å². The third kappa shape index (κ3) is 4.21. The number of benzene rings is 1. The van der Waals surface area contributed by atoms with E-state index >= 15 is 0 Å². The van der Waals surface area contributed by atoms with Crippen LogP contribution in [0.3, 0.4) is 0 Å². The van der Waals surface area contributed by atoms with Crippen LogP contribution in [0.1, 0.15) is 37.7 Å². The zero-order valence-corrected chi connectivity index (χ0v) is 11.0. The van der Waals surface area contributed by atoms with Crippen LogP contribution in [0.15, 0.2) is 29.3 Å². The number of hydrogen-bond donors (Lipinski definition) is 3. The molecule has 2 rings (SSSR count). The lowest BCUT2D eigenvalue weighted by Gasteiger charge is -2.24. The van der Waals surface area contributed by atoms with Gasteiger partial charge in [0.2, 0.25) is 5.96 Å². The summed E-state index contributed by atoms with van der Waals surface area (Å²) in [5, 5.41) is 3.29. The maximum absolute atomic E-state index is 13.5. The van der Waals surface area contributed by atoms with E-state index in [4.69, 9.17) is 5.84 Å². The molecule has 0 radical (unpaired) electrons. The molecule has 1 fully saturated rings. The molecule has 5 heteroatoms. The van der Waals surface area contributed by atoms with Crippen molar-refractivity contribution < 1.29 is 4.39 Å². The van der Waals surface area contributed by atoms with Crippen molar-refractivity contribution >= 4 is 5.96 Å². The summed E-state index contributed by atoms with van der Waals surface area (Å²) in [6.45, 7) is 0.284. The molecular formula is C14H21FN4. The van der Waals surface area contributed by atoms with E-state index in [0.29, 0.717) is 17.6 Å². The lowest BCUT2D eigenvalue weighted by atomic mass is 9.96. The van der Waals surface area contributed by atoms with E-state index in [2.05, 4.69) is 15.7 Å². The molecule has 0 atom stereocenters. The Hall–Kier alpha value is -1.62. The van der Waals surface area contributed by atoms with Gasteiger partial charge in [0, 0.05) is 11.6 Å². The minimum Gasteiger partial charge on any atom is -0.353 e. The second kappa shape index (κ2) is 7.09. The minimum atomic E-state index is -0.236. The molecule has 0 amide bonds. The lowest BCUT2D eigenvalue weighted by molar-refractivity contribution is 0.410. The van der Waals surface area contributed by atoms with Gasteiger partial charge in [-0.25, -0.2) is 15.2 Å². The van der Waals surface area contributed by atoms with Gasteiger partial charge in [-0.3, -0.25) is 5.43 Å². The zero-order valence-electron chi connectivity index (χ0n) is 11.0. The standard InChI is InChI=1S/C14H21FN4/c15-13-9-5-4-6-11(13)10-17-14(19-16)18-12-7-2-1-3-8-12/h4-6,9,12H,1-3,7-8,10,16H2,(H2,17,18,19). The second-order valence-electron chi connectivity index (χ2n) is 4.88. The molecule has 0 aliphatic heterocycles. The normalized spacial score (nSPS) is 17.3. The van der Waals surface area contributed by atoms with Gasteiger partial charge in [0.25, 0.3) is 0 Å². The van der Waals surface area contributed by atoms with Crippen LogP contribution in [0, 0.1) is 5.82 Å². The van der Waals surface area contributed by atoms with E-state index in [-0.39, 0.29) is 12.4 Å². The first-order chi connectivity index (χ1) is 9.29. The van der Waals surface area contributed by atoms with Gasteiger partial charge in [-0.05, 0) is 18.9 Å². The molecule has 0 aromatic heterocycles. The number of hydrazine groups is 1. The average Bonchev–Trinajstić information content (AvgIpc) is 2.46. The summed E-state index contributed by atoms with van der Waals surface area (Å²) in [5.41, 5.74) is 3.13. The predicted molar refractivity (Wildman–Crippen MR) is 74.9 cm³/mol. The van der Waals surface area contributed by atoms with Crippen LogP contribution < -0.4 is 16.6 Å². The molecule has 0 unspecified atom stereocenters. The van der Waals surface area contributed by atoms with Crippen LogP contribution >= 0.6 is 0 Å². The van der Waals surface area contributed by atoms with Gasteiger partial charge in [-0.1, -0.05) is 37.5 Å². The maximum Gasteiger partial charge on any atom is 0.206 e. The zero-order chi connectivity index (χ0) is 13.5. The molecule has 1 aliphatic rings. The number of nitrogens with zero attached hydrogens (tertiary/aromatic N) is 1. The first-order valence-corrected chi connectivity index (χ1v) is 6.80. The largest absolute Gasteiger partial charge is 0.353 e. The summed E-state index contributed by atoms with van der Waals surface area (Å²) >= 11 is 0. The number of rotatable bonds is 3. The Bertz CT molecular complexity index is 427. The van der Waals surface area contributed by atoms with E-state index in [1.807, 2.05) is 0 Å². The highest BCUT2D eigenvalue weighted by molar-refractivity contribution is 5.79. The van der Waals surface area contributed by atoms with Gasteiger partial charge in [-0.2, -0.15) is 0 Å². The summed E-state index contributed by atoms with van der Waals surface area (Å²) in [6.07, 6.45) is 6.06. The topological polar surface area (TPSA) is 62.4 Å². The van der Waals surface area contributed by atoms with Crippen molar-refractivity contribution in [3.63, 3.8) is 0 Å². The summed E-state index contributed by atoms with van der Waals surface area (Å²) < 4.78 is 13.5. The Kier molecular flexibility index (Phi) is 5.15. The fraction of sp³-hybridized carbons (Fsp3) is 0.500. The predicted octanol–water partition coefficient (Wildman–Crippen LogP) is 2.07. The number of nitrogens with two attached hydrogens (primary N) is 1. The van der Waals surface area contributed by atoms with Gasteiger partial charge >= 0.3 is 0 Å². The van der Waals surface area contributed by atoms with Gasteiger partial charge < -0.3 is 5.32 Å². The average molecular weight is 264 g/mol. The van der Waals surface area contributed by atoms with Gasteiger partial charge in [0.15, 0.2) is 0 Å². The molecule has 1 aliphatic carbocycles. The molecule has 1 aromatic rings. The number of nitrogens with one attached hydrogen (secondary N) is 2. The Labute approximate surface area is 113 Å². The van der Waals surface area contributed by atoms with E-state index < -0.39 is 0 Å². The van der Waals surface area contributed by atoms with Crippen LogP contribution in [0.2, 0.25) is 0 Å². The molecule has 0 bridgehead atoms. The van der Waals surface area contributed by atoms with Crippen LogP contribution in [-0.2, 0) is 6.54 Å². The fourth-order valence-electron chi connectivity index (χ4n) is 2.36. The summed E-state index contributed by atoms with van der Waals surface area (Å²) in [6, 6.07) is 7.06. The van der Waals surface area contributed by atoms with Gasteiger partial charge in [-0.15, -0.1) is 0 Å². The van der Waals surface area contributed by atoms with Crippen molar-refractivity contribution in [2.24, 2.45) is 10.8 Å². The molecule has 4 N–H and O–H groups in total. The van der Waals surface area contributed by atoms with E-state index in [1.165, 1.54) is 25.3 Å². The monoisotopic (exact) mass is 264 g/mol. The highest BCUT2D eigenvalue weighted by atomic mass is 19.1. The maximum atomic E-state index is 13.5. The number of aliphatic imine (C=N–C) groups is 1. The number of halogens is 1. The molecule has 0 heterocycles. The van der Waals surface area contributed by atoms with Crippen molar-refractivity contribution in [3.05, 3.63) is 35.6 Å². The Morgan fingerprint density at radius 3 is 2.68 bits per heavy atom. The highest BCUT2D eigenvalue weighted by Crippen LogP contribution is 2.17. The fourth-order valence-corrected chi connectivity index (χ4v) is 2.36. The van der Waals surface area contributed by atoms with Crippen LogP contribution in [-0.4, -0.2) is 12.0 Å². The smallest absolute Gasteiger partial charge is 0.206 e. The van der Waals surface area contributed by atoms with Crippen molar-refractivity contribution in [3.8, 4) is 0 Å². The molecule has 4 nitrogen and oxygen atoms in total. The summed E-state index contributed by atoms with van der Waals surface area (Å²) in [7, 11) is 0. The van der Waals surface area contributed by atoms with Crippen molar-refractivity contribution in [1.82, 2.24) is 10.7 Å². The third-order valence-electron chi connectivity index (χ3n) is 3.45. The van der Waals surface area contributed by atoms with Crippen LogP contribution in [0.4, 0.5) is 4.39 Å². The summed E-state index contributed by atoms with van der Waals surface area (Å²) in [5.74, 6) is 5.76. The molecule has 1 saturated carbocycles. The van der Waals surface area contributed by atoms with Gasteiger partial charge in [0.05, 0.1) is 6.54 Å². The Balaban J connectivity index is 1.93. The van der Waals surface area contributed by atoms with Crippen molar-refractivity contribution in [2.45, 2.75) is 44.7 Å². The minimum absolute atomic E-state index is 0.236. The second-order valence-corrected chi connectivity index (χ2v) is 4.88. The first-order valence-electron chi connectivity index (χ1n) is 6.80. The Morgan fingerprint density at radius 2 is 2.00 bits per heavy atom. The molecule has 1 aromatic carbocycles. The van der Waals surface area contributed by atoms with Crippen LogP contribution in [0.5, 0.6) is 0 Å². The van der Waals surface area contributed by atoms with Gasteiger partial charge in [0.1, 0.15) is 5.82 Å². The van der Waals surface area contributed by atoms with Crippen molar-refractivity contribution in [1.29, 1.82) is 0 Å². The quantitative estimate of drug-likeness (QED) is 0.339. The third-order valence-corrected chi connectivity index (χ3v) is 3.45. The SMILES string of the molecule is NNC(=NCc1ccccc1F)NC1CCCCC1. The van der Waals surface area contributed by atoms with Crippen LogP contribution in [0.25, 0.3) is 0 Å². The Morgan fingerprint density at radius 1 is 1.26 bits per heavy atom. The summed E-state index contributed by atoms with van der Waals surface area (Å²) in [4.78, 5) is 4.30. The first kappa shape index (κ1) is 13.8. The number of hydrogen-bond acceptors (Lipinski definition) is 2. The highest BCUT2D eigenvalue weighted by Gasteiger charge is 2.14. The molecular weight excluding hydrogens is 243 g/mol. The lowest BCUT2D eigenvalue weighted by Crippen LogP contribution is -2.47. The number of guanidine groups is 1. The molecule has 0 spiro atoms. The van der Waals surface area contributed by atoms with E-state index in [1.54, 1.807) is 18.2 Å². The van der Waals surface area contributed by atoms with Crippen molar-refractivity contribution in [2.75, 3.05) is 0 Å². The molecule has 0 saturated heterocycles. The molecule has 104 valence electrons. The van der Waals surface area contributed by atoms with E-state index in [9.17, 15) is 4.39 Å².